The molecule has 14 heavy (non-hydrogen) atoms. The number of hydrogen-bond donors (Lipinski definition) is 1. The number of benzene rings is 1. The lowest BCUT2D eigenvalue weighted by atomic mass is 10.2. The molecule has 1 aromatic carbocycles. The SMILES string of the molecule is c1ccc2[nH]c(CCC3CO3)nc2c1. The lowest BCUT2D eigenvalue weighted by molar-refractivity contribution is 0.395. The quantitative estimate of drug-likeness (QED) is 0.747. The Kier molecular flexibility index (Phi) is 1.77. The number of aromatic nitrogens is 2. The minimum Gasteiger partial charge on any atom is -0.373 e. The predicted octanol–water partition coefficient (Wildman–Crippen LogP) is 1.89. The molecule has 0 saturated carbocycles. The Balaban J connectivity index is 1.82. The minimum atomic E-state index is 0.489. The highest BCUT2D eigenvalue weighted by molar-refractivity contribution is 5.74. The zero-order chi connectivity index (χ0) is 9.38. The summed E-state index contributed by atoms with van der Waals surface area (Å²) in [6.45, 7) is 0.931. The van der Waals surface area contributed by atoms with E-state index < -0.39 is 0 Å². The number of fused-ring (bicyclic) bond motifs is 1. The smallest absolute Gasteiger partial charge is 0.107 e. The molecule has 1 atom stereocenters. The number of aromatic amines is 1. The number of hydrogen-bond acceptors (Lipinski definition) is 2. The number of para-hydroxylation sites is 2. The average molecular weight is 188 g/mol. The Morgan fingerprint density at radius 2 is 2.29 bits per heavy atom. The van der Waals surface area contributed by atoms with Crippen molar-refractivity contribution in [2.24, 2.45) is 0 Å². The van der Waals surface area contributed by atoms with E-state index in [1.807, 2.05) is 18.2 Å². The molecule has 2 heterocycles. The zero-order valence-corrected chi connectivity index (χ0v) is 7.86. The fraction of sp³-hybridized carbons (Fsp3) is 0.364. The Morgan fingerprint density at radius 1 is 1.43 bits per heavy atom. The molecule has 0 amide bonds. The van der Waals surface area contributed by atoms with Gasteiger partial charge in [0, 0.05) is 6.42 Å². The molecular weight excluding hydrogens is 176 g/mol. The van der Waals surface area contributed by atoms with Crippen LogP contribution in [-0.2, 0) is 11.2 Å². The predicted molar refractivity (Wildman–Crippen MR) is 54.2 cm³/mol. The van der Waals surface area contributed by atoms with Crippen molar-refractivity contribution < 1.29 is 4.74 Å². The van der Waals surface area contributed by atoms with Gasteiger partial charge in [0.05, 0.1) is 23.7 Å². The number of imidazole rings is 1. The third-order valence-electron chi connectivity index (χ3n) is 2.54. The van der Waals surface area contributed by atoms with Crippen LogP contribution < -0.4 is 0 Å². The van der Waals surface area contributed by atoms with E-state index in [1.165, 1.54) is 0 Å². The summed E-state index contributed by atoms with van der Waals surface area (Å²) < 4.78 is 5.16. The van der Waals surface area contributed by atoms with Gasteiger partial charge >= 0.3 is 0 Å². The summed E-state index contributed by atoms with van der Waals surface area (Å²) in [5, 5.41) is 0. The van der Waals surface area contributed by atoms with Crippen molar-refractivity contribution >= 4 is 11.0 Å². The second kappa shape index (κ2) is 3.10. The maximum Gasteiger partial charge on any atom is 0.107 e. The number of nitrogens with one attached hydrogen (secondary N) is 1. The number of rotatable bonds is 3. The molecule has 2 aromatic rings. The van der Waals surface area contributed by atoms with Crippen LogP contribution in [0.5, 0.6) is 0 Å². The Bertz CT molecular complexity index is 412. The molecule has 0 spiro atoms. The molecular formula is C11H12N2O. The molecule has 3 nitrogen and oxygen atoms in total. The van der Waals surface area contributed by atoms with Crippen LogP contribution in [0.3, 0.4) is 0 Å². The molecule has 1 aliphatic rings. The Morgan fingerprint density at radius 3 is 3.07 bits per heavy atom. The third-order valence-corrected chi connectivity index (χ3v) is 2.54. The van der Waals surface area contributed by atoms with E-state index in [0.717, 1.165) is 36.3 Å². The first-order chi connectivity index (χ1) is 6.92. The molecule has 1 N–H and O–H groups in total. The summed E-state index contributed by atoms with van der Waals surface area (Å²) in [6, 6.07) is 8.12. The molecule has 3 heteroatoms. The van der Waals surface area contributed by atoms with Crippen molar-refractivity contribution in [1.82, 2.24) is 9.97 Å². The van der Waals surface area contributed by atoms with Crippen molar-refractivity contribution in [1.29, 1.82) is 0 Å². The van der Waals surface area contributed by atoms with Crippen molar-refractivity contribution in [2.75, 3.05) is 6.61 Å². The maximum atomic E-state index is 5.16. The molecule has 0 radical (unpaired) electrons. The standard InChI is InChI=1S/C11H12N2O/c1-2-4-10-9(3-1)12-11(13-10)6-5-8-7-14-8/h1-4,8H,5-7H2,(H,12,13). The van der Waals surface area contributed by atoms with Gasteiger partial charge in [-0.3, -0.25) is 0 Å². The maximum absolute atomic E-state index is 5.16. The second-order valence-electron chi connectivity index (χ2n) is 3.69. The van der Waals surface area contributed by atoms with E-state index in [-0.39, 0.29) is 0 Å². The molecule has 1 unspecified atom stereocenters. The normalized spacial score (nSPS) is 20.1. The van der Waals surface area contributed by atoms with Gasteiger partial charge in [0.25, 0.3) is 0 Å². The molecule has 0 bridgehead atoms. The van der Waals surface area contributed by atoms with Gasteiger partial charge in [0.15, 0.2) is 0 Å². The topological polar surface area (TPSA) is 41.2 Å². The van der Waals surface area contributed by atoms with Gasteiger partial charge in [-0.15, -0.1) is 0 Å². The number of aryl methyl sites for hydroxylation is 1. The van der Waals surface area contributed by atoms with E-state index >= 15 is 0 Å². The summed E-state index contributed by atoms with van der Waals surface area (Å²) in [7, 11) is 0. The molecule has 72 valence electrons. The van der Waals surface area contributed by atoms with Gasteiger partial charge in [-0.2, -0.15) is 0 Å². The van der Waals surface area contributed by atoms with E-state index in [4.69, 9.17) is 4.74 Å². The molecule has 0 aliphatic carbocycles. The van der Waals surface area contributed by atoms with Gasteiger partial charge in [0.1, 0.15) is 5.82 Å². The molecule has 1 aliphatic heterocycles. The summed E-state index contributed by atoms with van der Waals surface area (Å²) >= 11 is 0. The van der Waals surface area contributed by atoms with Crippen LogP contribution >= 0.6 is 0 Å². The van der Waals surface area contributed by atoms with Crippen molar-refractivity contribution in [2.45, 2.75) is 18.9 Å². The van der Waals surface area contributed by atoms with Crippen LogP contribution in [0.15, 0.2) is 24.3 Å². The second-order valence-corrected chi connectivity index (χ2v) is 3.69. The van der Waals surface area contributed by atoms with E-state index in [9.17, 15) is 0 Å². The van der Waals surface area contributed by atoms with Gasteiger partial charge in [-0.05, 0) is 18.6 Å². The molecule has 1 aromatic heterocycles. The van der Waals surface area contributed by atoms with E-state index in [2.05, 4.69) is 16.0 Å². The van der Waals surface area contributed by atoms with Crippen molar-refractivity contribution in [3.8, 4) is 0 Å². The summed E-state index contributed by atoms with van der Waals surface area (Å²) in [4.78, 5) is 7.81. The summed E-state index contributed by atoms with van der Waals surface area (Å²) in [6.07, 6.45) is 2.56. The minimum absolute atomic E-state index is 0.489. The summed E-state index contributed by atoms with van der Waals surface area (Å²) in [5.74, 6) is 1.07. The Hall–Kier alpha value is -1.35. The van der Waals surface area contributed by atoms with Crippen LogP contribution in [0.4, 0.5) is 0 Å². The van der Waals surface area contributed by atoms with Gasteiger partial charge in [0.2, 0.25) is 0 Å². The fourth-order valence-corrected chi connectivity index (χ4v) is 1.66. The lowest BCUT2D eigenvalue weighted by Gasteiger charge is -1.90. The third kappa shape index (κ3) is 1.51. The first-order valence-electron chi connectivity index (χ1n) is 4.97. The lowest BCUT2D eigenvalue weighted by Crippen LogP contribution is -1.92. The van der Waals surface area contributed by atoms with Gasteiger partial charge in [-0.25, -0.2) is 4.98 Å². The number of epoxide rings is 1. The van der Waals surface area contributed by atoms with Crippen molar-refractivity contribution in [3.05, 3.63) is 30.1 Å². The number of H-pyrrole nitrogens is 1. The molecule has 3 rings (SSSR count). The van der Waals surface area contributed by atoms with Crippen LogP contribution in [0.1, 0.15) is 12.2 Å². The van der Waals surface area contributed by atoms with Gasteiger partial charge < -0.3 is 9.72 Å². The molecule has 1 saturated heterocycles. The number of nitrogens with zero attached hydrogens (tertiary/aromatic N) is 1. The van der Waals surface area contributed by atoms with E-state index in [1.54, 1.807) is 0 Å². The Labute approximate surface area is 82.1 Å². The van der Waals surface area contributed by atoms with Crippen LogP contribution in [0.2, 0.25) is 0 Å². The highest BCUT2D eigenvalue weighted by atomic mass is 16.6. The van der Waals surface area contributed by atoms with Crippen LogP contribution in [0.25, 0.3) is 11.0 Å². The first kappa shape index (κ1) is 8.00. The summed E-state index contributed by atoms with van der Waals surface area (Å²) in [5.41, 5.74) is 2.18. The monoisotopic (exact) mass is 188 g/mol. The largest absolute Gasteiger partial charge is 0.373 e. The fourth-order valence-electron chi connectivity index (χ4n) is 1.66. The molecule has 1 fully saturated rings. The highest BCUT2D eigenvalue weighted by Crippen LogP contribution is 2.17. The van der Waals surface area contributed by atoms with Crippen molar-refractivity contribution in [3.63, 3.8) is 0 Å². The van der Waals surface area contributed by atoms with Crippen LogP contribution in [0, 0.1) is 0 Å². The van der Waals surface area contributed by atoms with Gasteiger partial charge in [-0.1, -0.05) is 12.1 Å². The highest BCUT2D eigenvalue weighted by Gasteiger charge is 2.22. The zero-order valence-electron chi connectivity index (χ0n) is 7.86. The van der Waals surface area contributed by atoms with Crippen LogP contribution in [-0.4, -0.2) is 22.7 Å². The van der Waals surface area contributed by atoms with E-state index in [0.29, 0.717) is 6.10 Å². The number of ether oxygens (including phenoxy) is 1. The average Bonchev–Trinajstić information content (AvgIpc) is 2.94. The first-order valence-corrected chi connectivity index (χ1v) is 4.97.